The van der Waals surface area contributed by atoms with E-state index in [-0.39, 0.29) is 12.5 Å². The monoisotopic (exact) mass is 412 g/mol. The van der Waals surface area contributed by atoms with E-state index in [1.54, 1.807) is 0 Å². The minimum absolute atomic E-state index is 0.0202. The van der Waals surface area contributed by atoms with Gasteiger partial charge >= 0.3 is 0 Å². The van der Waals surface area contributed by atoms with Gasteiger partial charge in [0.2, 0.25) is 17.8 Å². The Labute approximate surface area is 181 Å². The Morgan fingerprint density at radius 1 is 0.613 bits per heavy atom. The van der Waals surface area contributed by atoms with E-state index in [0.29, 0.717) is 24.4 Å². The van der Waals surface area contributed by atoms with Gasteiger partial charge in [-0.15, -0.1) is 0 Å². The summed E-state index contributed by atoms with van der Waals surface area (Å²) in [6, 6.07) is 29.3. The van der Waals surface area contributed by atoms with Crippen molar-refractivity contribution in [3.8, 4) is 0 Å². The van der Waals surface area contributed by atoms with Crippen LogP contribution in [0.25, 0.3) is 0 Å². The molecule has 0 saturated carbocycles. The highest BCUT2D eigenvalue weighted by atomic mass is 16.3. The molecule has 1 heterocycles. The van der Waals surface area contributed by atoms with E-state index in [1.807, 2.05) is 91.0 Å². The van der Waals surface area contributed by atoms with Gasteiger partial charge in [-0.2, -0.15) is 15.0 Å². The van der Waals surface area contributed by atoms with E-state index >= 15 is 0 Å². The molecular formula is C24H24N6O. The number of aliphatic hydroxyl groups excluding tert-OH is 1. The van der Waals surface area contributed by atoms with E-state index in [2.05, 4.69) is 30.9 Å². The van der Waals surface area contributed by atoms with Crippen molar-refractivity contribution < 1.29 is 5.11 Å². The summed E-state index contributed by atoms with van der Waals surface area (Å²) in [6.45, 7) is 0.506. The highest BCUT2D eigenvalue weighted by Gasteiger charge is 2.13. The molecule has 0 saturated heterocycles. The van der Waals surface area contributed by atoms with Crippen LogP contribution in [0, 0.1) is 0 Å². The summed E-state index contributed by atoms with van der Waals surface area (Å²) in [5.41, 5.74) is 2.81. The molecule has 7 heteroatoms. The molecule has 0 aliphatic rings. The molecule has 3 aromatic carbocycles. The van der Waals surface area contributed by atoms with Crippen LogP contribution in [0.3, 0.4) is 0 Å². The first kappa shape index (κ1) is 20.3. The van der Waals surface area contributed by atoms with Crippen molar-refractivity contribution in [3.05, 3.63) is 96.6 Å². The van der Waals surface area contributed by atoms with Gasteiger partial charge in [-0.25, -0.2) is 0 Å². The molecule has 1 atom stereocenters. The van der Waals surface area contributed by atoms with Gasteiger partial charge in [0.05, 0.1) is 6.61 Å². The number of aliphatic hydroxyl groups is 1. The predicted octanol–water partition coefficient (Wildman–Crippen LogP) is 4.55. The molecule has 0 unspecified atom stereocenters. The molecule has 0 radical (unpaired) electrons. The quantitative estimate of drug-likeness (QED) is 0.320. The van der Waals surface area contributed by atoms with E-state index in [0.717, 1.165) is 16.9 Å². The fourth-order valence-electron chi connectivity index (χ4n) is 3.10. The van der Waals surface area contributed by atoms with Crippen LogP contribution in [0.1, 0.15) is 11.5 Å². The molecular weight excluding hydrogens is 388 g/mol. The maximum Gasteiger partial charge on any atom is 0.233 e. The zero-order chi connectivity index (χ0) is 21.3. The van der Waals surface area contributed by atoms with Crippen molar-refractivity contribution in [2.75, 3.05) is 29.1 Å². The lowest BCUT2D eigenvalue weighted by molar-refractivity contribution is 0.270. The Kier molecular flexibility index (Phi) is 6.67. The Morgan fingerprint density at radius 3 is 1.55 bits per heavy atom. The molecule has 156 valence electrons. The maximum absolute atomic E-state index is 9.84. The zero-order valence-electron chi connectivity index (χ0n) is 16.9. The molecule has 0 spiro atoms. The third-order valence-electron chi connectivity index (χ3n) is 4.69. The molecule has 0 amide bonds. The molecule has 4 N–H and O–H groups in total. The van der Waals surface area contributed by atoms with Gasteiger partial charge < -0.3 is 21.1 Å². The van der Waals surface area contributed by atoms with Crippen molar-refractivity contribution in [1.82, 2.24) is 15.0 Å². The van der Waals surface area contributed by atoms with Gasteiger partial charge in [0, 0.05) is 23.8 Å². The number of hydrogen-bond donors (Lipinski definition) is 4. The van der Waals surface area contributed by atoms with E-state index in [9.17, 15) is 5.11 Å². The standard InChI is InChI=1S/C24H24N6O/c31-17-19(18-10-4-1-5-11-18)16-25-22-28-23(26-20-12-6-2-7-13-20)30-24(29-22)27-21-14-8-3-9-15-21/h1-15,19,31H,16-17H2,(H3,25,26,27,28,29,30)/t19-/m1/s1. The second-order valence-electron chi connectivity index (χ2n) is 6.96. The first-order valence-electron chi connectivity index (χ1n) is 10.1. The number of benzene rings is 3. The summed E-state index contributed by atoms with van der Waals surface area (Å²) in [4.78, 5) is 13.5. The van der Waals surface area contributed by atoms with Gasteiger partial charge in [0.15, 0.2) is 0 Å². The van der Waals surface area contributed by atoms with Crippen molar-refractivity contribution in [1.29, 1.82) is 0 Å². The minimum atomic E-state index is -0.0750. The van der Waals surface area contributed by atoms with Crippen LogP contribution in [0.5, 0.6) is 0 Å². The molecule has 0 fully saturated rings. The van der Waals surface area contributed by atoms with E-state index in [4.69, 9.17) is 0 Å². The lowest BCUT2D eigenvalue weighted by Crippen LogP contribution is -2.18. The van der Waals surface area contributed by atoms with Crippen LogP contribution in [-0.2, 0) is 0 Å². The van der Waals surface area contributed by atoms with Gasteiger partial charge in [0.1, 0.15) is 0 Å². The number of anilines is 5. The average Bonchev–Trinajstić information content (AvgIpc) is 2.81. The molecule has 31 heavy (non-hydrogen) atoms. The van der Waals surface area contributed by atoms with Crippen LogP contribution in [0.15, 0.2) is 91.0 Å². The van der Waals surface area contributed by atoms with Crippen LogP contribution in [0.2, 0.25) is 0 Å². The summed E-state index contributed by atoms with van der Waals surface area (Å²) >= 11 is 0. The Balaban J connectivity index is 1.56. The van der Waals surface area contributed by atoms with Gasteiger partial charge in [-0.05, 0) is 29.8 Å². The highest BCUT2D eigenvalue weighted by Crippen LogP contribution is 2.20. The number of nitrogens with zero attached hydrogens (tertiary/aromatic N) is 3. The van der Waals surface area contributed by atoms with Crippen LogP contribution >= 0.6 is 0 Å². The van der Waals surface area contributed by atoms with Crippen molar-refractivity contribution in [2.24, 2.45) is 0 Å². The van der Waals surface area contributed by atoms with Crippen molar-refractivity contribution >= 4 is 29.2 Å². The largest absolute Gasteiger partial charge is 0.396 e. The lowest BCUT2D eigenvalue weighted by atomic mass is 10.0. The van der Waals surface area contributed by atoms with Gasteiger partial charge in [0.25, 0.3) is 0 Å². The third kappa shape index (κ3) is 5.77. The molecule has 1 aromatic heterocycles. The number of para-hydroxylation sites is 2. The third-order valence-corrected chi connectivity index (χ3v) is 4.69. The predicted molar refractivity (Wildman–Crippen MR) is 124 cm³/mol. The lowest BCUT2D eigenvalue weighted by Gasteiger charge is -2.16. The summed E-state index contributed by atoms with van der Waals surface area (Å²) in [5, 5.41) is 19.5. The zero-order valence-corrected chi connectivity index (χ0v) is 16.9. The Morgan fingerprint density at radius 2 is 1.06 bits per heavy atom. The molecule has 0 aliphatic carbocycles. The SMILES string of the molecule is OC[C@@H](CNc1nc(Nc2ccccc2)nc(Nc2ccccc2)n1)c1ccccc1. The van der Waals surface area contributed by atoms with Crippen LogP contribution in [0.4, 0.5) is 29.2 Å². The Bertz CT molecular complexity index is 1020. The van der Waals surface area contributed by atoms with Crippen LogP contribution < -0.4 is 16.0 Å². The average molecular weight is 412 g/mol. The number of nitrogens with one attached hydrogen (secondary N) is 3. The Hall–Kier alpha value is -3.97. The number of aromatic nitrogens is 3. The summed E-state index contributed by atoms with van der Waals surface area (Å²) in [5.74, 6) is 1.18. The minimum Gasteiger partial charge on any atom is -0.396 e. The van der Waals surface area contributed by atoms with Gasteiger partial charge in [-0.3, -0.25) is 0 Å². The molecule has 4 aromatic rings. The highest BCUT2D eigenvalue weighted by molar-refractivity contribution is 5.59. The normalized spacial score (nSPS) is 11.5. The maximum atomic E-state index is 9.84. The fraction of sp³-hybridized carbons (Fsp3) is 0.125. The van der Waals surface area contributed by atoms with E-state index < -0.39 is 0 Å². The first-order valence-corrected chi connectivity index (χ1v) is 10.1. The number of rotatable bonds is 9. The summed E-state index contributed by atoms with van der Waals surface area (Å²) in [7, 11) is 0. The number of hydrogen-bond acceptors (Lipinski definition) is 7. The topological polar surface area (TPSA) is 95.0 Å². The van der Waals surface area contributed by atoms with Crippen molar-refractivity contribution in [2.45, 2.75) is 5.92 Å². The van der Waals surface area contributed by atoms with Crippen molar-refractivity contribution in [3.63, 3.8) is 0 Å². The van der Waals surface area contributed by atoms with E-state index in [1.165, 1.54) is 0 Å². The molecule has 0 aliphatic heterocycles. The van der Waals surface area contributed by atoms with Crippen LogP contribution in [-0.4, -0.2) is 33.2 Å². The molecule has 7 nitrogen and oxygen atoms in total. The molecule has 0 bridgehead atoms. The first-order chi connectivity index (χ1) is 15.3. The second-order valence-corrected chi connectivity index (χ2v) is 6.96. The smallest absolute Gasteiger partial charge is 0.233 e. The molecule has 4 rings (SSSR count). The van der Waals surface area contributed by atoms with Gasteiger partial charge in [-0.1, -0.05) is 66.7 Å². The second kappa shape index (κ2) is 10.2. The summed E-state index contributed by atoms with van der Waals surface area (Å²) < 4.78 is 0. The fourth-order valence-corrected chi connectivity index (χ4v) is 3.10. The summed E-state index contributed by atoms with van der Waals surface area (Å²) in [6.07, 6.45) is 0.